The summed E-state index contributed by atoms with van der Waals surface area (Å²) < 4.78 is 15.8. The smallest absolute Gasteiger partial charge is 0.254 e. The maximum atomic E-state index is 14.3. The summed E-state index contributed by atoms with van der Waals surface area (Å²) in [6, 6.07) is 6.34. The summed E-state index contributed by atoms with van der Waals surface area (Å²) in [4.78, 5) is 16.6. The van der Waals surface area contributed by atoms with Crippen LogP contribution in [-0.2, 0) is 0 Å². The Hall–Kier alpha value is -2.25. The number of hydrogen-bond acceptors (Lipinski definition) is 4. The minimum absolute atomic E-state index is 0.130. The average Bonchev–Trinajstić information content (AvgIpc) is 3.17. The summed E-state index contributed by atoms with van der Waals surface area (Å²) in [6.07, 6.45) is 4.11. The number of carbonyl (C=O) groups is 1. The second kappa shape index (κ2) is 7.76. The van der Waals surface area contributed by atoms with Crippen molar-refractivity contribution >= 4 is 5.91 Å². The fourth-order valence-electron chi connectivity index (χ4n) is 3.21. The third-order valence-electron chi connectivity index (χ3n) is 4.75. The van der Waals surface area contributed by atoms with Crippen LogP contribution in [0.15, 0.2) is 36.7 Å². The van der Waals surface area contributed by atoms with E-state index in [0.717, 1.165) is 19.5 Å². The van der Waals surface area contributed by atoms with Crippen molar-refractivity contribution < 1.29 is 14.3 Å². The Morgan fingerprint density at radius 3 is 2.64 bits per heavy atom. The van der Waals surface area contributed by atoms with Crippen LogP contribution in [0.2, 0.25) is 0 Å². The summed E-state index contributed by atoms with van der Waals surface area (Å²) in [6.45, 7) is 4.78. The molecule has 0 aliphatic carbocycles. The summed E-state index contributed by atoms with van der Waals surface area (Å²) >= 11 is 0. The molecule has 0 bridgehead atoms. The van der Waals surface area contributed by atoms with Gasteiger partial charge in [0.2, 0.25) is 0 Å². The molecule has 1 atom stereocenters. The van der Waals surface area contributed by atoms with Gasteiger partial charge < -0.3 is 10.0 Å². The van der Waals surface area contributed by atoms with Gasteiger partial charge in [-0.3, -0.25) is 9.69 Å². The summed E-state index contributed by atoms with van der Waals surface area (Å²) in [5, 5.41) is 13.4. The molecule has 1 amide bonds. The Morgan fingerprint density at radius 2 is 2.08 bits per heavy atom. The molecule has 0 spiro atoms. The molecule has 1 aromatic carbocycles. The summed E-state index contributed by atoms with van der Waals surface area (Å²) in [7, 11) is 0. The predicted octanol–water partition coefficient (Wildman–Crippen LogP) is 1.54. The SMILES string of the molecule is CCC(CO)N1CCN(C(=O)c2ccc(-n3cccn3)c(F)c2)CC1. The number of nitrogens with zero attached hydrogens (tertiary/aromatic N) is 4. The van der Waals surface area contributed by atoms with Gasteiger partial charge in [-0.15, -0.1) is 0 Å². The molecule has 1 aromatic heterocycles. The molecule has 1 aliphatic heterocycles. The number of benzene rings is 1. The third-order valence-corrected chi connectivity index (χ3v) is 4.75. The number of halogens is 1. The van der Waals surface area contributed by atoms with Crippen molar-refractivity contribution in [1.29, 1.82) is 0 Å². The van der Waals surface area contributed by atoms with Crippen LogP contribution < -0.4 is 0 Å². The van der Waals surface area contributed by atoms with Crippen LogP contribution in [0.5, 0.6) is 0 Å². The minimum Gasteiger partial charge on any atom is -0.395 e. The van der Waals surface area contributed by atoms with Gasteiger partial charge in [-0.1, -0.05) is 6.92 Å². The van der Waals surface area contributed by atoms with Crippen molar-refractivity contribution in [3.63, 3.8) is 0 Å². The zero-order valence-corrected chi connectivity index (χ0v) is 14.3. The normalized spacial score (nSPS) is 16.8. The minimum atomic E-state index is -0.473. The van der Waals surface area contributed by atoms with Gasteiger partial charge in [-0.05, 0) is 30.7 Å². The fraction of sp³-hybridized carbons (Fsp3) is 0.444. The van der Waals surface area contributed by atoms with E-state index in [1.165, 1.54) is 10.7 Å². The van der Waals surface area contributed by atoms with Crippen LogP contribution >= 0.6 is 0 Å². The number of amides is 1. The zero-order valence-electron chi connectivity index (χ0n) is 14.3. The Kier molecular flexibility index (Phi) is 5.45. The first-order valence-electron chi connectivity index (χ1n) is 8.57. The van der Waals surface area contributed by atoms with Crippen LogP contribution in [0.3, 0.4) is 0 Å². The van der Waals surface area contributed by atoms with Gasteiger partial charge in [-0.25, -0.2) is 9.07 Å². The van der Waals surface area contributed by atoms with E-state index in [9.17, 15) is 14.3 Å². The molecule has 0 radical (unpaired) electrons. The van der Waals surface area contributed by atoms with Crippen molar-refractivity contribution in [3.05, 3.63) is 48.0 Å². The predicted molar refractivity (Wildman–Crippen MR) is 92.2 cm³/mol. The quantitative estimate of drug-likeness (QED) is 0.892. The lowest BCUT2D eigenvalue weighted by atomic mass is 10.1. The molecule has 1 aliphatic rings. The van der Waals surface area contributed by atoms with E-state index in [1.54, 1.807) is 35.5 Å². The number of aliphatic hydroxyl groups is 1. The highest BCUT2D eigenvalue weighted by molar-refractivity contribution is 5.94. The first-order valence-corrected chi connectivity index (χ1v) is 8.57. The zero-order chi connectivity index (χ0) is 17.8. The van der Waals surface area contributed by atoms with E-state index in [4.69, 9.17) is 0 Å². The topological polar surface area (TPSA) is 61.6 Å². The maximum Gasteiger partial charge on any atom is 0.254 e. The molecule has 25 heavy (non-hydrogen) atoms. The van der Waals surface area contributed by atoms with Crippen LogP contribution in [-0.4, -0.2) is 69.4 Å². The number of rotatable bonds is 5. The number of hydrogen-bond donors (Lipinski definition) is 1. The lowest BCUT2D eigenvalue weighted by molar-refractivity contribution is 0.0472. The molecule has 1 N–H and O–H groups in total. The summed E-state index contributed by atoms with van der Waals surface area (Å²) in [5.74, 6) is -0.637. The molecular formula is C18H23FN4O2. The van der Waals surface area contributed by atoms with Crippen molar-refractivity contribution in [1.82, 2.24) is 19.6 Å². The molecule has 134 valence electrons. The highest BCUT2D eigenvalue weighted by Gasteiger charge is 2.26. The molecule has 1 saturated heterocycles. The van der Waals surface area contributed by atoms with Gasteiger partial charge in [0.1, 0.15) is 11.5 Å². The molecule has 3 rings (SSSR count). The van der Waals surface area contributed by atoms with Gasteiger partial charge >= 0.3 is 0 Å². The van der Waals surface area contributed by atoms with Gasteiger partial charge in [0, 0.05) is 50.2 Å². The van der Waals surface area contributed by atoms with E-state index in [2.05, 4.69) is 10.00 Å². The van der Waals surface area contributed by atoms with Gasteiger partial charge in [-0.2, -0.15) is 5.10 Å². The fourth-order valence-corrected chi connectivity index (χ4v) is 3.21. The highest BCUT2D eigenvalue weighted by Crippen LogP contribution is 2.17. The number of aromatic nitrogens is 2. The molecule has 2 aromatic rings. The van der Waals surface area contributed by atoms with Gasteiger partial charge in [0.15, 0.2) is 0 Å². The van der Waals surface area contributed by atoms with E-state index in [-0.39, 0.29) is 18.6 Å². The molecule has 1 unspecified atom stereocenters. The van der Waals surface area contributed by atoms with Crippen molar-refractivity contribution in [3.8, 4) is 5.69 Å². The van der Waals surface area contributed by atoms with Crippen LogP contribution in [0, 0.1) is 5.82 Å². The summed E-state index contributed by atoms with van der Waals surface area (Å²) in [5.41, 5.74) is 0.663. The Balaban J connectivity index is 1.67. The molecule has 2 heterocycles. The second-order valence-electron chi connectivity index (χ2n) is 6.19. The molecule has 0 saturated carbocycles. The van der Waals surface area contributed by atoms with Crippen LogP contribution in [0.4, 0.5) is 4.39 Å². The average molecular weight is 346 g/mol. The van der Waals surface area contributed by atoms with E-state index in [0.29, 0.717) is 24.3 Å². The molecule has 6 nitrogen and oxygen atoms in total. The molecule has 1 fully saturated rings. The lowest BCUT2D eigenvalue weighted by Crippen LogP contribution is -2.52. The standard InChI is InChI=1S/C18H23FN4O2/c1-2-15(13-24)21-8-10-22(11-9-21)18(25)14-4-5-17(16(19)12-14)23-7-3-6-20-23/h3-7,12,15,24H,2,8-11,13H2,1H3. The monoisotopic (exact) mass is 346 g/mol. The Bertz CT molecular complexity index is 708. The molecular weight excluding hydrogens is 323 g/mol. The van der Waals surface area contributed by atoms with E-state index < -0.39 is 5.82 Å². The number of carbonyl (C=O) groups excluding carboxylic acids is 1. The first kappa shape index (κ1) is 17.6. The van der Waals surface area contributed by atoms with Crippen molar-refractivity contribution in [2.75, 3.05) is 32.8 Å². The second-order valence-corrected chi connectivity index (χ2v) is 6.19. The van der Waals surface area contributed by atoms with E-state index in [1.807, 2.05) is 6.92 Å². The maximum absolute atomic E-state index is 14.3. The van der Waals surface area contributed by atoms with Crippen LogP contribution in [0.25, 0.3) is 5.69 Å². The van der Waals surface area contributed by atoms with Crippen molar-refractivity contribution in [2.45, 2.75) is 19.4 Å². The first-order chi connectivity index (χ1) is 12.1. The number of aliphatic hydroxyl groups excluding tert-OH is 1. The lowest BCUT2D eigenvalue weighted by Gasteiger charge is -2.38. The Labute approximate surface area is 146 Å². The number of piperazine rings is 1. The van der Waals surface area contributed by atoms with Crippen LogP contribution in [0.1, 0.15) is 23.7 Å². The highest BCUT2D eigenvalue weighted by atomic mass is 19.1. The van der Waals surface area contributed by atoms with E-state index >= 15 is 0 Å². The van der Waals surface area contributed by atoms with Crippen molar-refractivity contribution in [2.24, 2.45) is 0 Å². The largest absolute Gasteiger partial charge is 0.395 e. The molecule has 7 heteroatoms. The van der Waals surface area contributed by atoms with Gasteiger partial charge in [0.05, 0.1) is 6.61 Å². The Morgan fingerprint density at radius 1 is 1.32 bits per heavy atom. The third kappa shape index (κ3) is 3.72. The van der Waals surface area contributed by atoms with Gasteiger partial charge in [0.25, 0.3) is 5.91 Å².